The SMILES string of the molecule is CC(C)(CC(C)(C)C1SSC(C(C)(C)CC(C)(C)C(=O)c2ccccc2)SS1)C(=O)c1ccccc1. The van der Waals surface area contributed by atoms with Crippen LogP contribution in [0.15, 0.2) is 60.7 Å². The van der Waals surface area contributed by atoms with E-state index in [4.69, 9.17) is 0 Å². The summed E-state index contributed by atoms with van der Waals surface area (Å²) in [7, 11) is 7.79. The minimum Gasteiger partial charge on any atom is -0.294 e. The third kappa shape index (κ3) is 7.18. The fourth-order valence-corrected chi connectivity index (χ4v) is 15.6. The second-order valence-corrected chi connectivity index (χ2v) is 18.1. The molecule has 0 bridgehead atoms. The van der Waals surface area contributed by atoms with E-state index in [0.717, 1.165) is 24.0 Å². The molecule has 6 heteroatoms. The molecule has 2 aromatic carbocycles. The van der Waals surface area contributed by atoms with E-state index in [2.05, 4.69) is 55.4 Å². The molecule has 0 aromatic heterocycles. The van der Waals surface area contributed by atoms with Gasteiger partial charge in [0.25, 0.3) is 0 Å². The summed E-state index contributed by atoms with van der Waals surface area (Å²) in [6.07, 6.45) is 1.65. The lowest BCUT2D eigenvalue weighted by Gasteiger charge is -2.45. The molecule has 0 N–H and O–H groups in total. The lowest BCUT2D eigenvalue weighted by Crippen LogP contribution is -2.38. The fraction of sp³-hybridized carbons (Fsp3) is 0.533. The Morgan fingerprint density at radius 2 is 0.833 bits per heavy atom. The Bertz CT molecular complexity index is 952. The number of rotatable bonds is 10. The van der Waals surface area contributed by atoms with Gasteiger partial charge in [0.05, 0.1) is 9.16 Å². The largest absolute Gasteiger partial charge is 0.294 e. The highest BCUT2D eigenvalue weighted by molar-refractivity contribution is 8.93. The van der Waals surface area contributed by atoms with Gasteiger partial charge in [0.2, 0.25) is 0 Å². The lowest BCUT2D eigenvalue weighted by molar-refractivity contribution is 0.0764. The summed E-state index contributed by atoms with van der Waals surface area (Å²) in [5.41, 5.74) is 0.696. The average Bonchev–Trinajstić information content (AvgIpc) is 2.83. The summed E-state index contributed by atoms with van der Waals surface area (Å²) < 4.78 is 0.753. The van der Waals surface area contributed by atoms with Crippen molar-refractivity contribution in [1.29, 1.82) is 0 Å². The van der Waals surface area contributed by atoms with Crippen LogP contribution in [-0.4, -0.2) is 20.7 Å². The van der Waals surface area contributed by atoms with Crippen LogP contribution in [0, 0.1) is 21.7 Å². The molecule has 3 rings (SSSR count). The first-order valence-corrected chi connectivity index (χ1v) is 17.0. The molecule has 1 aliphatic rings. The third-order valence-electron chi connectivity index (χ3n) is 6.83. The number of Topliss-reactive ketones (excluding diaryl/α,β-unsaturated/α-hetero) is 2. The van der Waals surface area contributed by atoms with Crippen molar-refractivity contribution in [2.75, 3.05) is 0 Å². The number of hydrogen-bond acceptors (Lipinski definition) is 6. The van der Waals surface area contributed by atoms with Crippen LogP contribution in [0.3, 0.4) is 0 Å². The molecular weight excluding hydrogens is 521 g/mol. The molecular formula is C30H40O2S4. The number of hydrogen-bond donors (Lipinski definition) is 0. The summed E-state index contributed by atoms with van der Waals surface area (Å²) in [5, 5.41) is 0. The van der Waals surface area contributed by atoms with E-state index in [9.17, 15) is 9.59 Å². The Balaban J connectivity index is 1.62. The van der Waals surface area contributed by atoms with Gasteiger partial charge < -0.3 is 0 Å². The highest BCUT2D eigenvalue weighted by Gasteiger charge is 2.46. The Morgan fingerprint density at radius 3 is 1.11 bits per heavy atom. The van der Waals surface area contributed by atoms with Gasteiger partial charge >= 0.3 is 0 Å². The van der Waals surface area contributed by atoms with E-state index < -0.39 is 10.8 Å². The zero-order valence-corrected chi connectivity index (χ0v) is 26.1. The van der Waals surface area contributed by atoms with E-state index >= 15 is 0 Å². The topological polar surface area (TPSA) is 34.1 Å². The van der Waals surface area contributed by atoms with Gasteiger partial charge in [0.15, 0.2) is 11.6 Å². The predicted octanol–water partition coefficient (Wildman–Crippen LogP) is 10.1. The molecule has 0 radical (unpaired) electrons. The maximum atomic E-state index is 13.2. The molecule has 1 saturated heterocycles. The molecule has 2 aromatic rings. The van der Waals surface area contributed by atoms with Crippen molar-refractivity contribution < 1.29 is 9.59 Å². The Kier molecular flexibility index (Phi) is 9.51. The standard InChI is InChI=1S/C30H40O2S4/c1-27(2,23(31)21-15-11-9-12-16-21)19-29(5,6)25-33-35-26(36-34-25)30(7,8)20-28(3,4)24(32)22-17-13-10-14-18-22/h9-18,25-26H,19-20H2,1-8H3. The van der Waals surface area contributed by atoms with Crippen LogP contribution in [-0.2, 0) is 0 Å². The number of ketones is 2. The molecule has 0 atom stereocenters. The van der Waals surface area contributed by atoms with Crippen LogP contribution < -0.4 is 0 Å². The van der Waals surface area contributed by atoms with Crippen molar-refractivity contribution in [1.82, 2.24) is 0 Å². The number of carbonyl (C=O) groups is 2. The molecule has 2 nitrogen and oxygen atoms in total. The molecule has 1 aliphatic heterocycles. The highest BCUT2D eigenvalue weighted by atomic mass is 33.2. The van der Waals surface area contributed by atoms with E-state index in [1.165, 1.54) is 0 Å². The van der Waals surface area contributed by atoms with Crippen molar-refractivity contribution >= 4 is 54.7 Å². The zero-order chi connectivity index (χ0) is 26.8. The minimum atomic E-state index is -0.431. The van der Waals surface area contributed by atoms with Gasteiger partial charge in [-0.1, -0.05) is 159 Å². The molecule has 0 saturated carbocycles. The van der Waals surface area contributed by atoms with Crippen LogP contribution in [0.2, 0.25) is 0 Å². The predicted molar refractivity (Wildman–Crippen MR) is 164 cm³/mol. The first kappa shape index (κ1) is 29.7. The first-order chi connectivity index (χ1) is 16.7. The van der Waals surface area contributed by atoms with Gasteiger partial charge in [0.1, 0.15) is 0 Å². The van der Waals surface area contributed by atoms with Gasteiger partial charge in [0, 0.05) is 22.0 Å². The molecule has 0 unspecified atom stereocenters. The van der Waals surface area contributed by atoms with Crippen LogP contribution in [0.4, 0.5) is 0 Å². The van der Waals surface area contributed by atoms with Gasteiger partial charge in [-0.15, -0.1) is 0 Å². The molecule has 0 aliphatic carbocycles. The minimum absolute atomic E-state index is 0.0130. The smallest absolute Gasteiger partial charge is 0.168 e. The van der Waals surface area contributed by atoms with Gasteiger partial charge in [-0.2, -0.15) is 0 Å². The van der Waals surface area contributed by atoms with Crippen molar-refractivity contribution in [2.24, 2.45) is 21.7 Å². The molecule has 0 spiro atoms. The number of benzene rings is 2. The summed E-state index contributed by atoms with van der Waals surface area (Å²) in [6, 6.07) is 19.3. The van der Waals surface area contributed by atoms with Gasteiger partial charge in [-0.25, -0.2) is 0 Å². The average molecular weight is 561 g/mol. The van der Waals surface area contributed by atoms with E-state index in [0.29, 0.717) is 9.16 Å². The Labute approximate surface area is 234 Å². The zero-order valence-electron chi connectivity index (χ0n) is 22.8. The highest BCUT2D eigenvalue weighted by Crippen LogP contribution is 2.64. The van der Waals surface area contributed by atoms with Crippen molar-refractivity contribution in [2.45, 2.75) is 77.4 Å². The Morgan fingerprint density at radius 1 is 0.556 bits per heavy atom. The monoisotopic (exact) mass is 560 g/mol. The van der Waals surface area contributed by atoms with Gasteiger partial charge in [-0.3, -0.25) is 9.59 Å². The summed E-state index contributed by atoms with van der Waals surface area (Å²) >= 11 is 0. The number of carbonyl (C=O) groups excluding carboxylic acids is 2. The molecule has 196 valence electrons. The normalized spacial score (nSPS) is 19.7. The lowest BCUT2D eigenvalue weighted by atomic mass is 9.72. The summed E-state index contributed by atoms with van der Waals surface area (Å²) in [6.45, 7) is 17.5. The molecule has 1 fully saturated rings. The van der Waals surface area contributed by atoms with E-state index in [1.807, 2.05) is 104 Å². The fourth-order valence-electron chi connectivity index (χ4n) is 5.32. The molecule has 1 heterocycles. The van der Waals surface area contributed by atoms with Gasteiger partial charge in [-0.05, 0) is 23.7 Å². The molecule has 0 amide bonds. The van der Waals surface area contributed by atoms with E-state index in [-0.39, 0.29) is 22.4 Å². The van der Waals surface area contributed by atoms with Crippen LogP contribution in [0.5, 0.6) is 0 Å². The Hall–Kier alpha value is -0.820. The third-order valence-corrected chi connectivity index (χ3v) is 15.9. The molecule has 36 heavy (non-hydrogen) atoms. The first-order valence-electron chi connectivity index (χ1n) is 12.5. The second kappa shape index (κ2) is 11.5. The van der Waals surface area contributed by atoms with Crippen LogP contribution >= 0.6 is 43.2 Å². The van der Waals surface area contributed by atoms with Crippen LogP contribution in [0.25, 0.3) is 0 Å². The summed E-state index contributed by atoms with van der Waals surface area (Å²) in [5.74, 6) is 0.429. The van der Waals surface area contributed by atoms with E-state index in [1.54, 1.807) is 0 Å². The second-order valence-electron chi connectivity index (χ2n) is 12.5. The van der Waals surface area contributed by atoms with Crippen LogP contribution in [0.1, 0.15) is 88.9 Å². The van der Waals surface area contributed by atoms with Crippen molar-refractivity contribution in [3.63, 3.8) is 0 Å². The summed E-state index contributed by atoms with van der Waals surface area (Å²) in [4.78, 5) is 26.5. The maximum Gasteiger partial charge on any atom is 0.168 e. The van der Waals surface area contributed by atoms with Crippen molar-refractivity contribution in [3.05, 3.63) is 71.8 Å². The quantitative estimate of drug-likeness (QED) is 0.212. The maximum absolute atomic E-state index is 13.2. The van der Waals surface area contributed by atoms with Crippen molar-refractivity contribution in [3.8, 4) is 0 Å².